The fourth-order valence-electron chi connectivity index (χ4n) is 2.81. The fourth-order valence-corrected chi connectivity index (χ4v) is 2.81. The number of hydrogen-bond donors (Lipinski definition) is 2. The normalized spacial score (nSPS) is 10.4. The average molecular weight is 394 g/mol. The molecule has 0 spiro atoms. The number of rotatable bonds is 8. The number of benzene rings is 2. The minimum Gasteiger partial charge on any atom is -0.493 e. The van der Waals surface area contributed by atoms with Crippen LogP contribution >= 0.6 is 0 Å². The summed E-state index contributed by atoms with van der Waals surface area (Å²) in [5.74, 6) is 0.133. The van der Waals surface area contributed by atoms with Crippen LogP contribution in [0.1, 0.15) is 33.5 Å². The molecule has 1 heterocycles. The summed E-state index contributed by atoms with van der Waals surface area (Å²) in [5.41, 5.74) is 7.14. The van der Waals surface area contributed by atoms with Gasteiger partial charge >= 0.3 is 0 Å². The molecule has 0 unspecified atom stereocenters. The molecule has 0 bridgehead atoms. The van der Waals surface area contributed by atoms with Crippen LogP contribution in [0.25, 0.3) is 5.69 Å². The molecular weight excluding hydrogens is 372 g/mol. The number of methoxy groups -OCH3 is 1. The lowest BCUT2D eigenvalue weighted by molar-refractivity contribution is 0.0944. The van der Waals surface area contributed by atoms with E-state index in [9.17, 15) is 9.59 Å². The number of nitrogens with two attached hydrogens (primary N) is 1. The van der Waals surface area contributed by atoms with Crippen LogP contribution in [0, 0.1) is 0 Å². The summed E-state index contributed by atoms with van der Waals surface area (Å²) in [7, 11) is 1.57. The van der Waals surface area contributed by atoms with Crippen LogP contribution in [-0.4, -0.2) is 35.3 Å². The van der Waals surface area contributed by atoms with E-state index in [0.717, 1.165) is 5.56 Å². The summed E-state index contributed by atoms with van der Waals surface area (Å²) < 4.78 is 12.2. The van der Waals surface area contributed by atoms with Crippen LogP contribution in [0.5, 0.6) is 11.5 Å². The SMILES string of the molecule is CCOc1cc(CNC(=O)c2cc(C(N)=O)n(-c3ccccc3)n2)ccc1OC. The van der Waals surface area contributed by atoms with Gasteiger partial charge in [0.25, 0.3) is 11.8 Å². The van der Waals surface area contributed by atoms with E-state index in [-0.39, 0.29) is 17.9 Å². The van der Waals surface area contributed by atoms with Crippen LogP contribution in [-0.2, 0) is 6.54 Å². The van der Waals surface area contributed by atoms with Crippen molar-refractivity contribution in [3.63, 3.8) is 0 Å². The molecule has 3 N–H and O–H groups in total. The van der Waals surface area contributed by atoms with Gasteiger partial charge in [-0.2, -0.15) is 5.10 Å². The van der Waals surface area contributed by atoms with Crippen molar-refractivity contribution in [3.05, 3.63) is 71.5 Å². The maximum atomic E-state index is 12.6. The molecule has 0 atom stereocenters. The maximum absolute atomic E-state index is 12.6. The smallest absolute Gasteiger partial charge is 0.272 e. The lowest BCUT2D eigenvalue weighted by Gasteiger charge is -2.11. The largest absolute Gasteiger partial charge is 0.493 e. The second kappa shape index (κ2) is 8.92. The van der Waals surface area contributed by atoms with Crippen molar-refractivity contribution in [2.75, 3.05) is 13.7 Å². The topological polar surface area (TPSA) is 108 Å². The van der Waals surface area contributed by atoms with E-state index in [4.69, 9.17) is 15.2 Å². The lowest BCUT2D eigenvalue weighted by Crippen LogP contribution is -2.23. The summed E-state index contributed by atoms with van der Waals surface area (Å²) in [6.07, 6.45) is 0. The number of para-hydroxylation sites is 1. The first-order valence-corrected chi connectivity index (χ1v) is 9.06. The van der Waals surface area contributed by atoms with Crippen LogP contribution in [0.15, 0.2) is 54.6 Å². The summed E-state index contributed by atoms with van der Waals surface area (Å²) in [4.78, 5) is 24.3. The minimum atomic E-state index is -0.670. The average Bonchev–Trinajstić information content (AvgIpc) is 3.19. The number of ether oxygens (including phenoxy) is 2. The third-order valence-corrected chi connectivity index (χ3v) is 4.18. The Morgan fingerprint density at radius 2 is 1.86 bits per heavy atom. The Morgan fingerprint density at radius 3 is 2.52 bits per heavy atom. The van der Waals surface area contributed by atoms with Crippen LogP contribution < -0.4 is 20.5 Å². The third kappa shape index (κ3) is 4.55. The second-order valence-electron chi connectivity index (χ2n) is 6.13. The van der Waals surface area contributed by atoms with Gasteiger partial charge in [-0.05, 0) is 36.8 Å². The maximum Gasteiger partial charge on any atom is 0.272 e. The molecule has 0 radical (unpaired) electrons. The molecule has 0 saturated heterocycles. The van der Waals surface area contributed by atoms with E-state index in [0.29, 0.717) is 23.8 Å². The number of nitrogens with one attached hydrogen (secondary N) is 1. The molecule has 1 aromatic heterocycles. The number of hydrogen-bond acceptors (Lipinski definition) is 5. The molecule has 0 aliphatic rings. The molecule has 8 heteroatoms. The number of primary amides is 1. The standard InChI is InChI=1S/C21H22N4O4/c1-3-29-19-11-14(9-10-18(19)28-2)13-23-21(27)16-12-17(20(22)26)25(24-16)15-7-5-4-6-8-15/h4-12H,3,13H2,1-2H3,(H2,22,26)(H,23,27). The van der Waals surface area contributed by atoms with Gasteiger partial charge in [-0.1, -0.05) is 24.3 Å². The van der Waals surface area contributed by atoms with Gasteiger partial charge in [0.05, 0.1) is 19.4 Å². The highest BCUT2D eigenvalue weighted by molar-refractivity contribution is 5.97. The molecule has 3 aromatic rings. The lowest BCUT2D eigenvalue weighted by atomic mass is 10.2. The zero-order valence-electron chi connectivity index (χ0n) is 16.2. The highest BCUT2D eigenvalue weighted by Gasteiger charge is 2.18. The van der Waals surface area contributed by atoms with Crippen LogP contribution in [0.2, 0.25) is 0 Å². The molecule has 29 heavy (non-hydrogen) atoms. The van der Waals surface area contributed by atoms with E-state index < -0.39 is 11.8 Å². The Bertz CT molecular complexity index is 1010. The first-order valence-electron chi connectivity index (χ1n) is 9.06. The zero-order chi connectivity index (χ0) is 20.8. The summed E-state index contributed by atoms with van der Waals surface area (Å²) in [5, 5.41) is 7.04. The summed E-state index contributed by atoms with van der Waals surface area (Å²) in [6, 6.07) is 15.8. The Kier molecular flexibility index (Phi) is 6.13. The van der Waals surface area contributed by atoms with Gasteiger partial charge < -0.3 is 20.5 Å². The van der Waals surface area contributed by atoms with Crippen molar-refractivity contribution in [1.29, 1.82) is 0 Å². The van der Waals surface area contributed by atoms with Crippen LogP contribution in [0.3, 0.4) is 0 Å². The van der Waals surface area contributed by atoms with E-state index in [1.165, 1.54) is 10.7 Å². The molecule has 0 saturated carbocycles. The number of amides is 2. The van der Waals surface area contributed by atoms with Crippen molar-refractivity contribution in [2.24, 2.45) is 5.73 Å². The molecular formula is C21H22N4O4. The first-order chi connectivity index (χ1) is 14.0. The quantitative estimate of drug-likeness (QED) is 0.609. The van der Waals surface area contributed by atoms with Gasteiger partial charge in [0.15, 0.2) is 17.2 Å². The van der Waals surface area contributed by atoms with E-state index in [1.54, 1.807) is 43.5 Å². The summed E-state index contributed by atoms with van der Waals surface area (Å²) in [6.45, 7) is 2.64. The van der Waals surface area contributed by atoms with Crippen molar-refractivity contribution >= 4 is 11.8 Å². The first kappa shape index (κ1) is 19.9. The second-order valence-corrected chi connectivity index (χ2v) is 6.13. The van der Waals surface area contributed by atoms with Crippen molar-refractivity contribution in [3.8, 4) is 17.2 Å². The third-order valence-electron chi connectivity index (χ3n) is 4.18. The predicted octanol–water partition coefficient (Wildman–Crippen LogP) is 2.31. The minimum absolute atomic E-state index is 0.0983. The number of carbonyl (C=O) groups excluding carboxylic acids is 2. The van der Waals surface area contributed by atoms with Gasteiger partial charge in [-0.25, -0.2) is 4.68 Å². The molecule has 150 valence electrons. The van der Waals surface area contributed by atoms with E-state index in [2.05, 4.69) is 10.4 Å². The molecule has 0 fully saturated rings. The highest BCUT2D eigenvalue weighted by Crippen LogP contribution is 2.28. The van der Waals surface area contributed by atoms with Gasteiger partial charge in [0.1, 0.15) is 5.69 Å². The van der Waals surface area contributed by atoms with E-state index in [1.807, 2.05) is 19.1 Å². The molecule has 3 rings (SSSR count). The Hall–Kier alpha value is -3.81. The molecule has 8 nitrogen and oxygen atoms in total. The monoisotopic (exact) mass is 394 g/mol. The number of carbonyl (C=O) groups is 2. The van der Waals surface area contributed by atoms with Crippen molar-refractivity contribution in [1.82, 2.24) is 15.1 Å². The number of aromatic nitrogens is 2. The Labute approximate surface area is 168 Å². The van der Waals surface area contributed by atoms with Crippen molar-refractivity contribution in [2.45, 2.75) is 13.5 Å². The molecule has 0 aliphatic heterocycles. The van der Waals surface area contributed by atoms with Gasteiger partial charge in [0.2, 0.25) is 0 Å². The fraction of sp³-hybridized carbons (Fsp3) is 0.190. The number of nitrogens with zero attached hydrogens (tertiary/aromatic N) is 2. The van der Waals surface area contributed by atoms with Gasteiger partial charge in [0, 0.05) is 12.6 Å². The molecule has 0 aliphatic carbocycles. The predicted molar refractivity (Wildman–Crippen MR) is 107 cm³/mol. The Balaban J connectivity index is 1.78. The summed E-state index contributed by atoms with van der Waals surface area (Å²) >= 11 is 0. The molecule has 2 amide bonds. The highest BCUT2D eigenvalue weighted by atomic mass is 16.5. The van der Waals surface area contributed by atoms with Gasteiger partial charge in [-0.3, -0.25) is 9.59 Å². The van der Waals surface area contributed by atoms with Crippen molar-refractivity contribution < 1.29 is 19.1 Å². The Morgan fingerprint density at radius 1 is 1.10 bits per heavy atom. The molecule has 2 aromatic carbocycles. The van der Waals surface area contributed by atoms with E-state index >= 15 is 0 Å². The van der Waals surface area contributed by atoms with Crippen LogP contribution in [0.4, 0.5) is 0 Å². The zero-order valence-corrected chi connectivity index (χ0v) is 16.2. The van der Waals surface area contributed by atoms with Gasteiger partial charge in [-0.15, -0.1) is 0 Å².